The van der Waals surface area contributed by atoms with E-state index in [2.05, 4.69) is 0 Å². The summed E-state index contributed by atoms with van der Waals surface area (Å²) in [7, 11) is 0. The number of aliphatic hydroxyl groups is 1. The van der Waals surface area contributed by atoms with Gasteiger partial charge in [0.1, 0.15) is 0 Å². The lowest BCUT2D eigenvalue weighted by Crippen LogP contribution is -2.36. The van der Waals surface area contributed by atoms with Crippen LogP contribution in [0.25, 0.3) is 0 Å². The molecule has 0 aromatic heterocycles. The Balaban J connectivity index is 2.24. The molecule has 0 aliphatic carbocycles. The van der Waals surface area contributed by atoms with Gasteiger partial charge in [0.2, 0.25) is 0 Å². The van der Waals surface area contributed by atoms with Crippen LogP contribution >= 0.6 is 11.6 Å². The van der Waals surface area contributed by atoms with Gasteiger partial charge < -0.3 is 19.8 Å². The molecule has 5 nitrogen and oxygen atoms in total. The van der Waals surface area contributed by atoms with E-state index in [9.17, 15) is 9.90 Å². The van der Waals surface area contributed by atoms with Crippen LogP contribution < -0.4 is 0 Å². The Labute approximate surface area is 122 Å². The van der Waals surface area contributed by atoms with Crippen LogP contribution in [0.1, 0.15) is 17.2 Å². The highest BCUT2D eigenvalue weighted by Crippen LogP contribution is 2.31. The number of carbonyl (C=O) groups is 1. The molecule has 20 heavy (non-hydrogen) atoms. The lowest BCUT2D eigenvalue weighted by molar-refractivity contribution is 0.0113. The van der Waals surface area contributed by atoms with Gasteiger partial charge in [-0.1, -0.05) is 23.7 Å². The predicted octanol–water partition coefficient (Wildman–Crippen LogP) is 2.31. The first-order valence-electron chi connectivity index (χ1n) is 6.49. The van der Waals surface area contributed by atoms with Gasteiger partial charge in [0, 0.05) is 24.0 Å². The molecule has 1 aliphatic heterocycles. The second-order valence-electron chi connectivity index (χ2n) is 4.97. The highest BCUT2D eigenvalue weighted by Gasteiger charge is 2.30. The molecule has 0 spiro atoms. The normalized spacial score (nSPS) is 23.4. The average Bonchev–Trinajstić information content (AvgIpc) is 2.64. The average molecular weight is 300 g/mol. The maximum absolute atomic E-state index is 11.1. The molecular formula is C14H18ClNO4. The van der Waals surface area contributed by atoms with Gasteiger partial charge in [0.25, 0.3) is 0 Å². The summed E-state index contributed by atoms with van der Waals surface area (Å²) < 4.78 is 5.74. The zero-order chi connectivity index (χ0) is 14.7. The number of rotatable bonds is 2. The molecule has 2 atom stereocenters. The lowest BCUT2D eigenvalue weighted by Gasteiger charge is -2.25. The van der Waals surface area contributed by atoms with Crippen LogP contribution in [0, 0.1) is 12.8 Å². The molecule has 1 heterocycles. The molecule has 1 saturated heterocycles. The van der Waals surface area contributed by atoms with E-state index in [0.29, 0.717) is 18.2 Å². The third-order valence-electron chi connectivity index (χ3n) is 3.57. The van der Waals surface area contributed by atoms with Gasteiger partial charge in [-0.2, -0.15) is 0 Å². The number of aryl methyl sites for hydroxylation is 1. The maximum Gasteiger partial charge on any atom is 0.407 e. The molecule has 0 saturated carbocycles. The van der Waals surface area contributed by atoms with Crippen LogP contribution in [0.5, 0.6) is 0 Å². The van der Waals surface area contributed by atoms with E-state index in [0.717, 1.165) is 11.1 Å². The van der Waals surface area contributed by atoms with Crippen molar-refractivity contribution in [3.05, 3.63) is 34.3 Å². The standard InChI is InChI=1S/C14H18ClNO4/c1-9-2-3-10(6-12(9)15)13-11(8-17)7-16(14(18)19)4-5-20-13/h2-3,6,11,13,17H,4-5,7-8H2,1H3,(H,18,19)/t11-,13-/m1/s1. The third-order valence-corrected chi connectivity index (χ3v) is 3.98. The second kappa shape index (κ2) is 6.43. The van der Waals surface area contributed by atoms with Crippen molar-refractivity contribution < 1.29 is 19.7 Å². The van der Waals surface area contributed by atoms with E-state index in [1.54, 1.807) is 0 Å². The monoisotopic (exact) mass is 299 g/mol. The summed E-state index contributed by atoms with van der Waals surface area (Å²) in [6.45, 7) is 2.64. The van der Waals surface area contributed by atoms with E-state index in [4.69, 9.17) is 21.4 Å². The van der Waals surface area contributed by atoms with Gasteiger partial charge in [-0.3, -0.25) is 0 Å². The first-order chi connectivity index (χ1) is 9.52. The number of ether oxygens (including phenoxy) is 1. The van der Waals surface area contributed by atoms with Crippen molar-refractivity contribution in [1.29, 1.82) is 0 Å². The van der Waals surface area contributed by atoms with Crippen LogP contribution in [-0.4, -0.2) is 47.5 Å². The minimum absolute atomic E-state index is 0.139. The molecule has 2 N–H and O–H groups in total. The number of aliphatic hydroxyl groups excluding tert-OH is 1. The summed E-state index contributed by atoms with van der Waals surface area (Å²) in [6.07, 6.45) is -1.34. The van der Waals surface area contributed by atoms with Crippen molar-refractivity contribution in [2.75, 3.05) is 26.3 Å². The van der Waals surface area contributed by atoms with E-state index in [1.807, 2.05) is 25.1 Å². The summed E-state index contributed by atoms with van der Waals surface area (Å²) in [5, 5.41) is 19.3. The molecule has 6 heteroatoms. The number of nitrogens with zero attached hydrogens (tertiary/aromatic N) is 1. The molecule has 1 amide bonds. The number of hydrogen-bond donors (Lipinski definition) is 2. The summed E-state index contributed by atoms with van der Waals surface area (Å²) in [6, 6.07) is 5.63. The first-order valence-corrected chi connectivity index (χ1v) is 6.87. The second-order valence-corrected chi connectivity index (χ2v) is 5.38. The largest absolute Gasteiger partial charge is 0.465 e. The summed E-state index contributed by atoms with van der Waals surface area (Å²) in [5.41, 5.74) is 1.84. The Bertz CT molecular complexity index is 494. The summed E-state index contributed by atoms with van der Waals surface area (Å²) in [5.74, 6) is -0.299. The number of carboxylic acid groups (broad SMARTS) is 1. The minimum Gasteiger partial charge on any atom is -0.465 e. The molecular weight excluding hydrogens is 282 g/mol. The predicted molar refractivity (Wildman–Crippen MR) is 75.1 cm³/mol. The number of halogens is 1. The maximum atomic E-state index is 11.1. The van der Waals surface area contributed by atoms with E-state index in [-0.39, 0.29) is 25.2 Å². The Kier molecular flexibility index (Phi) is 4.86. The van der Waals surface area contributed by atoms with E-state index in [1.165, 1.54) is 4.90 Å². The molecule has 0 radical (unpaired) electrons. The van der Waals surface area contributed by atoms with Gasteiger partial charge in [-0.25, -0.2) is 4.79 Å². The van der Waals surface area contributed by atoms with Crippen LogP contribution in [0.4, 0.5) is 4.79 Å². The van der Waals surface area contributed by atoms with Crippen molar-refractivity contribution in [2.24, 2.45) is 5.92 Å². The summed E-state index contributed by atoms with van der Waals surface area (Å²) >= 11 is 6.12. The van der Waals surface area contributed by atoms with Crippen molar-refractivity contribution in [2.45, 2.75) is 13.0 Å². The highest BCUT2D eigenvalue weighted by molar-refractivity contribution is 6.31. The fourth-order valence-electron chi connectivity index (χ4n) is 2.38. The van der Waals surface area contributed by atoms with Crippen molar-refractivity contribution >= 4 is 17.7 Å². The third kappa shape index (κ3) is 3.23. The Morgan fingerprint density at radius 3 is 2.90 bits per heavy atom. The van der Waals surface area contributed by atoms with Crippen LogP contribution in [-0.2, 0) is 4.74 Å². The molecule has 2 rings (SSSR count). The van der Waals surface area contributed by atoms with E-state index >= 15 is 0 Å². The highest BCUT2D eigenvalue weighted by atomic mass is 35.5. The van der Waals surface area contributed by atoms with Gasteiger partial charge in [-0.15, -0.1) is 0 Å². The van der Waals surface area contributed by atoms with Crippen molar-refractivity contribution in [3.8, 4) is 0 Å². The topological polar surface area (TPSA) is 70.0 Å². The van der Waals surface area contributed by atoms with Crippen LogP contribution in [0.15, 0.2) is 18.2 Å². The first kappa shape index (κ1) is 15.1. The molecule has 0 bridgehead atoms. The van der Waals surface area contributed by atoms with Gasteiger partial charge in [-0.05, 0) is 24.1 Å². The quantitative estimate of drug-likeness (QED) is 0.879. The molecule has 1 fully saturated rings. The Hall–Kier alpha value is -1.30. The van der Waals surface area contributed by atoms with Crippen LogP contribution in [0.2, 0.25) is 5.02 Å². The SMILES string of the molecule is Cc1ccc([C@H]2OCCN(C(=O)O)C[C@@H]2CO)cc1Cl. The summed E-state index contributed by atoms with van der Waals surface area (Å²) in [4.78, 5) is 12.4. The zero-order valence-electron chi connectivity index (χ0n) is 11.3. The van der Waals surface area contributed by atoms with Crippen molar-refractivity contribution in [1.82, 2.24) is 4.90 Å². The number of benzene rings is 1. The fourth-order valence-corrected chi connectivity index (χ4v) is 2.57. The van der Waals surface area contributed by atoms with Gasteiger partial charge in [0.15, 0.2) is 0 Å². The zero-order valence-corrected chi connectivity index (χ0v) is 12.0. The fraction of sp³-hybridized carbons (Fsp3) is 0.500. The molecule has 1 aliphatic rings. The van der Waals surface area contributed by atoms with E-state index < -0.39 is 6.09 Å². The Morgan fingerprint density at radius 2 is 2.30 bits per heavy atom. The Morgan fingerprint density at radius 1 is 1.55 bits per heavy atom. The lowest BCUT2D eigenvalue weighted by atomic mass is 9.95. The van der Waals surface area contributed by atoms with Crippen LogP contribution in [0.3, 0.4) is 0 Å². The minimum atomic E-state index is -0.991. The number of hydrogen-bond acceptors (Lipinski definition) is 3. The molecule has 1 aromatic carbocycles. The van der Waals surface area contributed by atoms with Gasteiger partial charge >= 0.3 is 6.09 Å². The smallest absolute Gasteiger partial charge is 0.407 e. The molecule has 1 aromatic rings. The van der Waals surface area contributed by atoms with Crippen molar-refractivity contribution in [3.63, 3.8) is 0 Å². The molecule has 0 unspecified atom stereocenters. The number of amides is 1. The molecule has 110 valence electrons. The van der Waals surface area contributed by atoms with Gasteiger partial charge in [0.05, 0.1) is 19.3 Å².